The second-order valence-corrected chi connectivity index (χ2v) is 6.63. The minimum atomic E-state index is -0.00712. The number of amides is 1. The van der Waals surface area contributed by atoms with Crippen molar-refractivity contribution in [1.82, 2.24) is 9.80 Å². The van der Waals surface area contributed by atoms with Gasteiger partial charge in [0.2, 0.25) is 0 Å². The molecule has 6 heteroatoms. The Morgan fingerprint density at radius 1 is 1.20 bits per heavy atom. The molecule has 0 aromatic heterocycles. The number of hydrogen-bond donors (Lipinski definition) is 0. The summed E-state index contributed by atoms with van der Waals surface area (Å²) in [5.41, 5.74) is 0.458. The Morgan fingerprint density at radius 2 is 1.92 bits per heavy atom. The van der Waals surface area contributed by atoms with Gasteiger partial charge in [-0.15, -0.1) is 0 Å². The van der Waals surface area contributed by atoms with Gasteiger partial charge in [-0.3, -0.25) is 9.69 Å². The van der Waals surface area contributed by atoms with E-state index in [1.54, 1.807) is 24.3 Å². The Balaban J connectivity index is 1.41. The molecule has 0 aliphatic carbocycles. The van der Waals surface area contributed by atoms with Gasteiger partial charge >= 0.3 is 0 Å². The molecular formula is C19H25N3O3. The number of morpholine rings is 1. The van der Waals surface area contributed by atoms with Gasteiger partial charge in [0.1, 0.15) is 11.8 Å². The minimum absolute atomic E-state index is 0.00225. The van der Waals surface area contributed by atoms with E-state index < -0.39 is 0 Å². The van der Waals surface area contributed by atoms with Crippen molar-refractivity contribution in [1.29, 1.82) is 5.26 Å². The highest BCUT2D eigenvalue weighted by molar-refractivity contribution is 5.78. The first-order chi connectivity index (χ1) is 12.3. The SMILES string of the molecule is N#Cc1ccccc1OCC(=O)N1CCC(CN2CCOCC2)CC1. The number of nitriles is 1. The summed E-state index contributed by atoms with van der Waals surface area (Å²) in [7, 11) is 0. The standard InChI is InChI=1S/C19H25N3O3/c20-13-17-3-1-2-4-18(17)25-15-19(23)22-7-5-16(6-8-22)14-21-9-11-24-12-10-21/h1-4,16H,5-12,14-15H2. The Morgan fingerprint density at radius 3 is 2.64 bits per heavy atom. The van der Waals surface area contributed by atoms with E-state index in [1.165, 1.54) is 0 Å². The van der Waals surface area contributed by atoms with E-state index >= 15 is 0 Å². The number of benzene rings is 1. The molecule has 1 aromatic rings. The normalized spacial score (nSPS) is 19.4. The number of nitrogens with zero attached hydrogens (tertiary/aromatic N) is 3. The van der Waals surface area contributed by atoms with E-state index in [-0.39, 0.29) is 12.5 Å². The molecule has 0 bridgehead atoms. The van der Waals surface area contributed by atoms with Crippen LogP contribution in [0.5, 0.6) is 5.75 Å². The number of carbonyl (C=O) groups is 1. The smallest absolute Gasteiger partial charge is 0.260 e. The molecule has 3 rings (SSSR count). The van der Waals surface area contributed by atoms with Crippen molar-refractivity contribution in [2.24, 2.45) is 5.92 Å². The maximum atomic E-state index is 12.4. The predicted octanol–water partition coefficient (Wildman–Crippen LogP) is 1.51. The van der Waals surface area contributed by atoms with E-state index in [2.05, 4.69) is 11.0 Å². The third-order valence-electron chi connectivity index (χ3n) is 4.95. The van der Waals surface area contributed by atoms with Crippen LogP contribution in [0.4, 0.5) is 0 Å². The molecule has 2 heterocycles. The summed E-state index contributed by atoms with van der Waals surface area (Å²) >= 11 is 0. The van der Waals surface area contributed by atoms with Crippen LogP contribution < -0.4 is 4.74 Å². The van der Waals surface area contributed by atoms with Gasteiger partial charge in [0.05, 0.1) is 18.8 Å². The molecule has 0 radical (unpaired) electrons. The molecule has 2 aliphatic heterocycles. The van der Waals surface area contributed by atoms with Crippen molar-refractivity contribution >= 4 is 5.91 Å². The summed E-state index contributed by atoms with van der Waals surface area (Å²) in [4.78, 5) is 16.7. The van der Waals surface area contributed by atoms with Crippen molar-refractivity contribution < 1.29 is 14.3 Å². The van der Waals surface area contributed by atoms with Gasteiger partial charge in [-0.1, -0.05) is 12.1 Å². The van der Waals surface area contributed by atoms with E-state index in [0.29, 0.717) is 17.2 Å². The van der Waals surface area contributed by atoms with Crippen LogP contribution >= 0.6 is 0 Å². The highest BCUT2D eigenvalue weighted by atomic mass is 16.5. The molecule has 6 nitrogen and oxygen atoms in total. The van der Waals surface area contributed by atoms with Crippen LogP contribution in [-0.2, 0) is 9.53 Å². The molecular weight excluding hydrogens is 318 g/mol. The number of piperidine rings is 1. The zero-order valence-corrected chi connectivity index (χ0v) is 14.5. The fraction of sp³-hybridized carbons (Fsp3) is 0.579. The highest BCUT2D eigenvalue weighted by Gasteiger charge is 2.25. The van der Waals surface area contributed by atoms with Crippen molar-refractivity contribution in [3.05, 3.63) is 29.8 Å². The minimum Gasteiger partial charge on any atom is -0.482 e. The Hall–Kier alpha value is -2.10. The average Bonchev–Trinajstić information content (AvgIpc) is 2.67. The van der Waals surface area contributed by atoms with Crippen molar-refractivity contribution in [3.63, 3.8) is 0 Å². The lowest BCUT2D eigenvalue weighted by atomic mass is 9.96. The zero-order valence-electron chi connectivity index (χ0n) is 14.5. The summed E-state index contributed by atoms with van der Waals surface area (Å²) < 4.78 is 10.9. The molecule has 2 aliphatic rings. The first-order valence-electron chi connectivity index (χ1n) is 8.96. The lowest BCUT2D eigenvalue weighted by Gasteiger charge is -2.36. The molecule has 1 aromatic carbocycles. The third-order valence-corrected chi connectivity index (χ3v) is 4.95. The first kappa shape index (κ1) is 17.7. The molecule has 0 atom stereocenters. The Labute approximate surface area is 148 Å². The largest absolute Gasteiger partial charge is 0.482 e. The summed E-state index contributed by atoms with van der Waals surface area (Å²) in [5.74, 6) is 1.13. The number of ether oxygens (including phenoxy) is 2. The molecule has 0 spiro atoms. The van der Waals surface area contributed by atoms with Crippen LogP contribution in [-0.4, -0.2) is 68.3 Å². The van der Waals surface area contributed by atoms with Crippen molar-refractivity contribution in [3.8, 4) is 11.8 Å². The van der Waals surface area contributed by atoms with E-state index in [0.717, 1.165) is 58.8 Å². The van der Waals surface area contributed by atoms with E-state index in [9.17, 15) is 4.79 Å². The fourth-order valence-corrected chi connectivity index (χ4v) is 3.43. The molecule has 2 fully saturated rings. The second kappa shape index (κ2) is 8.84. The fourth-order valence-electron chi connectivity index (χ4n) is 3.43. The van der Waals surface area contributed by atoms with Crippen LogP contribution in [0, 0.1) is 17.2 Å². The molecule has 25 heavy (non-hydrogen) atoms. The van der Waals surface area contributed by atoms with E-state index in [1.807, 2.05) is 4.90 Å². The number of hydrogen-bond acceptors (Lipinski definition) is 5. The maximum absolute atomic E-state index is 12.4. The number of rotatable bonds is 5. The molecule has 2 saturated heterocycles. The molecule has 1 amide bonds. The van der Waals surface area contributed by atoms with Gasteiger partial charge in [-0.05, 0) is 30.9 Å². The molecule has 0 saturated carbocycles. The zero-order chi connectivity index (χ0) is 17.5. The van der Waals surface area contributed by atoms with Crippen LogP contribution in [0.2, 0.25) is 0 Å². The van der Waals surface area contributed by atoms with Gasteiger partial charge in [-0.25, -0.2) is 0 Å². The first-order valence-corrected chi connectivity index (χ1v) is 8.96. The van der Waals surface area contributed by atoms with Gasteiger partial charge in [0, 0.05) is 32.7 Å². The van der Waals surface area contributed by atoms with Gasteiger partial charge < -0.3 is 14.4 Å². The maximum Gasteiger partial charge on any atom is 0.260 e. The van der Waals surface area contributed by atoms with Crippen molar-refractivity contribution in [2.75, 3.05) is 52.5 Å². The number of likely N-dealkylation sites (tertiary alicyclic amines) is 1. The topological polar surface area (TPSA) is 65.8 Å². The summed E-state index contributed by atoms with van der Waals surface area (Å²) in [6, 6.07) is 9.08. The summed E-state index contributed by atoms with van der Waals surface area (Å²) in [6.45, 7) is 6.38. The van der Waals surface area contributed by atoms with Gasteiger partial charge in [-0.2, -0.15) is 5.26 Å². The Kier molecular flexibility index (Phi) is 6.26. The number of para-hydroxylation sites is 1. The van der Waals surface area contributed by atoms with Crippen LogP contribution in [0.3, 0.4) is 0 Å². The average molecular weight is 343 g/mol. The Bertz CT molecular complexity index is 615. The van der Waals surface area contributed by atoms with Crippen LogP contribution in [0.25, 0.3) is 0 Å². The van der Waals surface area contributed by atoms with Gasteiger partial charge in [0.25, 0.3) is 5.91 Å². The number of carbonyl (C=O) groups excluding carboxylic acids is 1. The summed E-state index contributed by atoms with van der Waals surface area (Å²) in [6.07, 6.45) is 2.08. The third kappa shape index (κ3) is 4.94. The molecule has 0 N–H and O–H groups in total. The van der Waals surface area contributed by atoms with E-state index in [4.69, 9.17) is 14.7 Å². The van der Waals surface area contributed by atoms with Gasteiger partial charge in [0.15, 0.2) is 6.61 Å². The second-order valence-electron chi connectivity index (χ2n) is 6.63. The van der Waals surface area contributed by atoms with Crippen molar-refractivity contribution in [2.45, 2.75) is 12.8 Å². The van der Waals surface area contributed by atoms with Crippen LogP contribution in [0.1, 0.15) is 18.4 Å². The predicted molar refractivity (Wildman–Crippen MR) is 93.2 cm³/mol. The molecule has 0 unspecified atom stereocenters. The highest BCUT2D eigenvalue weighted by Crippen LogP contribution is 2.20. The lowest BCUT2D eigenvalue weighted by molar-refractivity contribution is -0.134. The molecule has 134 valence electrons. The lowest BCUT2D eigenvalue weighted by Crippen LogP contribution is -2.45. The monoisotopic (exact) mass is 343 g/mol. The quantitative estimate of drug-likeness (QED) is 0.811. The van der Waals surface area contributed by atoms with Crippen LogP contribution in [0.15, 0.2) is 24.3 Å². The summed E-state index contributed by atoms with van der Waals surface area (Å²) in [5, 5.41) is 9.06.